The molecular formula is C21H22N2O5S. The van der Waals surface area contributed by atoms with Crippen molar-refractivity contribution < 1.29 is 23.9 Å². The molecule has 0 aliphatic carbocycles. The number of benzene rings is 1. The summed E-state index contributed by atoms with van der Waals surface area (Å²) in [6, 6.07) is 9.63. The highest BCUT2D eigenvalue weighted by Crippen LogP contribution is 2.33. The van der Waals surface area contributed by atoms with Crippen LogP contribution in [0.4, 0.5) is 4.79 Å². The summed E-state index contributed by atoms with van der Waals surface area (Å²) < 4.78 is 12.1. The van der Waals surface area contributed by atoms with Crippen molar-refractivity contribution in [2.24, 2.45) is 0 Å². The fourth-order valence-electron chi connectivity index (χ4n) is 3.18. The summed E-state index contributed by atoms with van der Waals surface area (Å²) in [7, 11) is 1.62. The van der Waals surface area contributed by atoms with E-state index in [0.717, 1.165) is 45.1 Å². The zero-order valence-electron chi connectivity index (χ0n) is 16.7. The van der Waals surface area contributed by atoms with E-state index in [2.05, 4.69) is 4.57 Å². The molecule has 1 aliphatic rings. The van der Waals surface area contributed by atoms with Gasteiger partial charge in [0.25, 0.3) is 11.1 Å². The molecule has 0 radical (unpaired) electrons. The van der Waals surface area contributed by atoms with Gasteiger partial charge in [-0.3, -0.25) is 19.3 Å². The minimum Gasteiger partial charge on any atom is -0.497 e. The number of carbonyl (C=O) groups excluding carboxylic acids is 3. The summed E-state index contributed by atoms with van der Waals surface area (Å²) in [5.74, 6) is -0.317. The van der Waals surface area contributed by atoms with Crippen LogP contribution in [0.3, 0.4) is 0 Å². The van der Waals surface area contributed by atoms with E-state index in [9.17, 15) is 14.4 Å². The van der Waals surface area contributed by atoms with Crippen molar-refractivity contribution in [3.8, 4) is 11.4 Å². The Morgan fingerprint density at radius 2 is 1.86 bits per heavy atom. The number of thioether (sulfide) groups is 1. The average molecular weight is 414 g/mol. The van der Waals surface area contributed by atoms with E-state index in [1.807, 2.05) is 44.2 Å². The van der Waals surface area contributed by atoms with Crippen molar-refractivity contribution in [1.82, 2.24) is 9.47 Å². The second-order valence-corrected chi connectivity index (χ2v) is 7.43. The lowest BCUT2D eigenvalue weighted by Crippen LogP contribution is -2.34. The number of amides is 2. The van der Waals surface area contributed by atoms with Gasteiger partial charge in [-0.1, -0.05) is 0 Å². The molecule has 152 valence electrons. The third-order valence-electron chi connectivity index (χ3n) is 4.55. The molecule has 0 N–H and O–H groups in total. The van der Waals surface area contributed by atoms with Crippen molar-refractivity contribution in [2.45, 2.75) is 20.8 Å². The van der Waals surface area contributed by atoms with E-state index in [4.69, 9.17) is 9.47 Å². The van der Waals surface area contributed by atoms with Crippen molar-refractivity contribution in [3.63, 3.8) is 0 Å². The van der Waals surface area contributed by atoms with E-state index in [-0.39, 0.29) is 18.1 Å². The van der Waals surface area contributed by atoms with Gasteiger partial charge in [-0.15, -0.1) is 0 Å². The number of ether oxygens (including phenoxy) is 2. The Hall–Kier alpha value is -3.00. The molecule has 0 bridgehead atoms. The molecule has 1 fully saturated rings. The SMILES string of the molecule is CCOC(=O)CN1C(=O)S/C(=C/c2cc(C)n(-c3ccc(OC)cc3)c2C)C1=O. The van der Waals surface area contributed by atoms with E-state index < -0.39 is 17.1 Å². The van der Waals surface area contributed by atoms with Gasteiger partial charge in [-0.25, -0.2) is 0 Å². The predicted molar refractivity (Wildman–Crippen MR) is 111 cm³/mol. The van der Waals surface area contributed by atoms with Gasteiger partial charge in [-0.2, -0.15) is 0 Å². The number of nitrogens with zero attached hydrogens (tertiary/aromatic N) is 2. The number of hydrogen-bond donors (Lipinski definition) is 0. The highest BCUT2D eigenvalue weighted by molar-refractivity contribution is 8.18. The van der Waals surface area contributed by atoms with Gasteiger partial charge in [0.1, 0.15) is 12.3 Å². The predicted octanol–water partition coefficient (Wildman–Crippen LogP) is 3.70. The van der Waals surface area contributed by atoms with E-state index in [1.165, 1.54) is 0 Å². The van der Waals surface area contributed by atoms with E-state index >= 15 is 0 Å². The average Bonchev–Trinajstić information content (AvgIpc) is 3.12. The standard InChI is InChI=1S/C21H22N2O5S/c1-5-28-19(24)12-22-20(25)18(29-21(22)26)11-15-10-13(2)23(14(15)3)16-6-8-17(27-4)9-7-16/h6-11H,5,12H2,1-4H3/b18-11+. The largest absolute Gasteiger partial charge is 0.497 e. The number of aromatic nitrogens is 1. The maximum atomic E-state index is 12.6. The summed E-state index contributed by atoms with van der Waals surface area (Å²) >= 11 is 0.826. The number of aryl methyl sites for hydroxylation is 1. The number of hydrogen-bond acceptors (Lipinski definition) is 6. The minimum atomic E-state index is -0.603. The molecule has 2 heterocycles. The van der Waals surface area contributed by atoms with Crippen molar-refractivity contribution in [2.75, 3.05) is 20.3 Å². The second-order valence-electron chi connectivity index (χ2n) is 6.43. The lowest BCUT2D eigenvalue weighted by Gasteiger charge is -2.11. The molecule has 1 aliphatic heterocycles. The highest BCUT2D eigenvalue weighted by atomic mass is 32.2. The van der Waals surface area contributed by atoms with Crippen LogP contribution < -0.4 is 4.74 Å². The van der Waals surface area contributed by atoms with E-state index in [1.54, 1.807) is 20.1 Å². The first-order chi connectivity index (χ1) is 13.8. The first-order valence-corrected chi connectivity index (χ1v) is 9.91. The first kappa shape index (κ1) is 20.7. The van der Waals surface area contributed by atoms with Crippen molar-refractivity contribution in [1.29, 1.82) is 0 Å². The van der Waals surface area contributed by atoms with Crippen molar-refractivity contribution >= 4 is 35.0 Å². The molecule has 8 heteroatoms. The summed E-state index contributed by atoms with van der Waals surface area (Å²) in [4.78, 5) is 37.6. The topological polar surface area (TPSA) is 77.8 Å². The molecule has 1 aromatic heterocycles. The zero-order chi connectivity index (χ0) is 21.1. The Balaban J connectivity index is 1.88. The highest BCUT2D eigenvalue weighted by Gasteiger charge is 2.36. The molecule has 1 aromatic carbocycles. The molecule has 0 atom stereocenters. The summed E-state index contributed by atoms with van der Waals surface area (Å²) in [5.41, 5.74) is 3.73. The molecule has 0 saturated carbocycles. The third-order valence-corrected chi connectivity index (χ3v) is 5.46. The molecule has 2 amide bonds. The maximum Gasteiger partial charge on any atom is 0.326 e. The number of esters is 1. The van der Waals surface area contributed by atoms with Gasteiger partial charge in [0.15, 0.2) is 0 Å². The van der Waals surface area contributed by atoms with Crippen LogP contribution in [0, 0.1) is 13.8 Å². The number of carbonyl (C=O) groups is 3. The molecule has 7 nitrogen and oxygen atoms in total. The smallest absolute Gasteiger partial charge is 0.326 e. The molecule has 0 spiro atoms. The van der Waals surface area contributed by atoms with Crippen LogP contribution in [0.1, 0.15) is 23.9 Å². The van der Waals surface area contributed by atoms with Crippen LogP contribution in [0.15, 0.2) is 35.2 Å². The van der Waals surface area contributed by atoms with Crippen LogP contribution >= 0.6 is 11.8 Å². The molecule has 1 saturated heterocycles. The van der Waals surface area contributed by atoms with Crippen molar-refractivity contribution in [3.05, 3.63) is 52.2 Å². The first-order valence-electron chi connectivity index (χ1n) is 9.10. The number of methoxy groups -OCH3 is 1. The molecule has 0 unspecified atom stereocenters. The maximum absolute atomic E-state index is 12.6. The van der Waals surface area contributed by atoms with Gasteiger partial charge in [0.2, 0.25) is 0 Å². The van der Waals surface area contributed by atoms with Gasteiger partial charge < -0.3 is 14.0 Å². The second kappa shape index (κ2) is 8.57. The monoisotopic (exact) mass is 414 g/mol. The van der Waals surface area contributed by atoms with Gasteiger partial charge in [-0.05, 0) is 74.5 Å². The third kappa shape index (κ3) is 4.22. The lowest BCUT2D eigenvalue weighted by molar-refractivity contribution is -0.145. The van der Waals surface area contributed by atoms with Gasteiger partial charge >= 0.3 is 5.97 Å². The normalized spacial score (nSPS) is 15.3. The number of imide groups is 1. The summed E-state index contributed by atoms with van der Waals surface area (Å²) in [6.07, 6.45) is 1.69. The Labute approximate surface area is 173 Å². The quantitative estimate of drug-likeness (QED) is 0.530. The molecule has 3 rings (SSSR count). The van der Waals surface area contributed by atoms with Gasteiger partial charge in [0.05, 0.1) is 18.6 Å². The Morgan fingerprint density at radius 1 is 1.17 bits per heavy atom. The van der Waals surface area contributed by atoms with Crippen LogP contribution in [0.2, 0.25) is 0 Å². The Kier molecular flexibility index (Phi) is 6.12. The summed E-state index contributed by atoms with van der Waals surface area (Å²) in [6.45, 7) is 5.42. The Morgan fingerprint density at radius 3 is 2.48 bits per heavy atom. The fraction of sp³-hybridized carbons (Fsp3) is 0.286. The van der Waals surface area contributed by atoms with E-state index in [0.29, 0.717) is 0 Å². The minimum absolute atomic E-state index is 0.197. The summed E-state index contributed by atoms with van der Waals surface area (Å²) in [5, 5.41) is -0.474. The van der Waals surface area contributed by atoms with Crippen LogP contribution in [0.5, 0.6) is 5.75 Å². The molecule has 2 aromatic rings. The van der Waals surface area contributed by atoms with Gasteiger partial charge in [0, 0.05) is 17.1 Å². The fourth-order valence-corrected chi connectivity index (χ4v) is 4.00. The van der Waals surface area contributed by atoms with Crippen LogP contribution in [0.25, 0.3) is 11.8 Å². The molecular weight excluding hydrogens is 392 g/mol. The number of rotatable bonds is 6. The lowest BCUT2D eigenvalue weighted by atomic mass is 10.2. The van der Waals surface area contributed by atoms with Crippen LogP contribution in [-0.2, 0) is 14.3 Å². The van der Waals surface area contributed by atoms with Crippen LogP contribution in [-0.4, -0.2) is 46.8 Å². The Bertz CT molecular complexity index is 991. The molecule has 29 heavy (non-hydrogen) atoms. The zero-order valence-corrected chi connectivity index (χ0v) is 17.5.